The van der Waals surface area contributed by atoms with E-state index < -0.39 is 0 Å². The minimum atomic E-state index is -0.303. The fraction of sp³-hybridized carbons (Fsp3) is 0.0556. The van der Waals surface area contributed by atoms with E-state index in [1.165, 1.54) is 18.3 Å². The van der Waals surface area contributed by atoms with Gasteiger partial charge in [-0.3, -0.25) is 9.48 Å². The first kappa shape index (κ1) is 14.3. The van der Waals surface area contributed by atoms with Crippen molar-refractivity contribution in [3.63, 3.8) is 0 Å². The van der Waals surface area contributed by atoms with E-state index >= 15 is 0 Å². The molecule has 5 nitrogen and oxygen atoms in total. The van der Waals surface area contributed by atoms with Crippen LogP contribution in [0.4, 0.5) is 4.39 Å². The molecule has 0 atom stereocenters. The second-order valence-electron chi connectivity index (χ2n) is 5.31. The number of hydrogen-bond donors (Lipinski definition) is 0. The molecule has 0 fully saturated rings. The molecule has 0 saturated carbocycles. The van der Waals surface area contributed by atoms with Gasteiger partial charge in [0.15, 0.2) is 5.76 Å². The zero-order valence-corrected chi connectivity index (χ0v) is 12.5. The van der Waals surface area contributed by atoms with Crippen LogP contribution in [0.2, 0.25) is 0 Å². The lowest BCUT2D eigenvalue weighted by molar-refractivity contribution is 0.477. The van der Waals surface area contributed by atoms with Crippen molar-refractivity contribution in [1.82, 2.24) is 14.8 Å². The average Bonchev–Trinajstić information content (AvgIpc) is 3.07. The van der Waals surface area contributed by atoms with Gasteiger partial charge in [0, 0.05) is 10.9 Å². The lowest BCUT2D eigenvalue weighted by Gasteiger charge is -2.06. The van der Waals surface area contributed by atoms with Gasteiger partial charge in [-0.25, -0.2) is 9.37 Å². The Labute approximate surface area is 136 Å². The highest BCUT2D eigenvalue weighted by Crippen LogP contribution is 2.21. The predicted octanol–water partition coefficient (Wildman–Crippen LogP) is 3.24. The van der Waals surface area contributed by atoms with Gasteiger partial charge in [-0.1, -0.05) is 12.1 Å². The maximum Gasteiger partial charge on any atom is 0.216 e. The summed E-state index contributed by atoms with van der Waals surface area (Å²) in [6.45, 7) is 0.294. The summed E-state index contributed by atoms with van der Waals surface area (Å²) in [5, 5.41) is 4.75. The number of fused-ring (bicyclic) bond motifs is 1. The number of hydrogen-bond acceptors (Lipinski definition) is 4. The van der Waals surface area contributed by atoms with Crippen molar-refractivity contribution in [3.05, 3.63) is 82.9 Å². The SMILES string of the molecule is O=c1cnn(Cc2ncc(-c3ccc(F)cc3)o2)c2ccccc12. The van der Waals surface area contributed by atoms with Crippen LogP contribution in [0.3, 0.4) is 0 Å². The number of aromatic nitrogens is 3. The smallest absolute Gasteiger partial charge is 0.216 e. The molecule has 0 amide bonds. The summed E-state index contributed by atoms with van der Waals surface area (Å²) in [4.78, 5) is 16.1. The molecule has 24 heavy (non-hydrogen) atoms. The van der Waals surface area contributed by atoms with Crippen molar-refractivity contribution in [2.45, 2.75) is 6.54 Å². The monoisotopic (exact) mass is 321 g/mol. The topological polar surface area (TPSA) is 60.9 Å². The zero-order chi connectivity index (χ0) is 16.5. The van der Waals surface area contributed by atoms with E-state index in [-0.39, 0.29) is 11.2 Å². The van der Waals surface area contributed by atoms with Crippen molar-refractivity contribution < 1.29 is 8.81 Å². The van der Waals surface area contributed by atoms with E-state index in [2.05, 4.69) is 10.1 Å². The van der Waals surface area contributed by atoms with Gasteiger partial charge >= 0.3 is 0 Å². The Morgan fingerprint density at radius 3 is 2.67 bits per heavy atom. The number of oxazole rings is 1. The number of nitrogens with zero attached hydrogens (tertiary/aromatic N) is 3. The van der Waals surface area contributed by atoms with Gasteiger partial charge in [0.05, 0.1) is 17.9 Å². The molecule has 0 aliphatic heterocycles. The molecule has 0 spiro atoms. The molecule has 0 bridgehead atoms. The second kappa shape index (κ2) is 5.73. The maximum atomic E-state index is 13.0. The van der Waals surface area contributed by atoms with Crippen LogP contribution in [0.15, 0.2) is 70.1 Å². The molecule has 6 heteroatoms. The second-order valence-corrected chi connectivity index (χ2v) is 5.31. The summed E-state index contributed by atoms with van der Waals surface area (Å²) in [5.41, 5.74) is 1.33. The molecule has 0 aliphatic rings. The van der Waals surface area contributed by atoms with Gasteiger partial charge in [-0.2, -0.15) is 5.10 Å². The summed E-state index contributed by atoms with van der Waals surface area (Å²) in [5.74, 6) is 0.702. The maximum absolute atomic E-state index is 13.0. The van der Waals surface area contributed by atoms with Crippen molar-refractivity contribution in [3.8, 4) is 11.3 Å². The number of halogens is 1. The number of rotatable bonds is 3. The Morgan fingerprint density at radius 1 is 1.04 bits per heavy atom. The van der Waals surface area contributed by atoms with E-state index in [1.807, 2.05) is 18.2 Å². The Bertz CT molecular complexity index is 1070. The van der Waals surface area contributed by atoms with Crippen LogP contribution in [-0.2, 0) is 6.54 Å². The Hall–Kier alpha value is -3.28. The molecule has 0 saturated heterocycles. The minimum absolute atomic E-state index is 0.124. The van der Waals surface area contributed by atoms with Crippen molar-refractivity contribution in [2.24, 2.45) is 0 Å². The van der Waals surface area contributed by atoms with Crippen LogP contribution in [0, 0.1) is 5.82 Å². The normalized spacial score (nSPS) is 11.0. The third-order valence-electron chi connectivity index (χ3n) is 3.73. The Kier molecular flexibility index (Phi) is 3.42. The van der Waals surface area contributed by atoms with Gasteiger partial charge in [-0.05, 0) is 36.4 Å². The first-order valence-corrected chi connectivity index (χ1v) is 7.36. The van der Waals surface area contributed by atoms with E-state index in [9.17, 15) is 9.18 Å². The molecule has 0 aliphatic carbocycles. The molecule has 0 radical (unpaired) electrons. The highest BCUT2D eigenvalue weighted by Gasteiger charge is 2.10. The van der Waals surface area contributed by atoms with Gasteiger partial charge in [0.25, 0.3) is 0 Å². The molecule has 4 aromatic rings. The standard InChI is InChI=1S/C18H12FN3O2/c19-13-7-5-12(6-8-13)17-10-20-18(24-17)11-22-15-4-2-1-3-14(15)16(23)9-21-22/h1-10H,11H2. The molecular weight excluding hydrogens is 309 g/mol. The lowest BCUT2D eigenvalue weighted by atomic mass is 10.2. The Balaban J connectivity index is 1.69. The summed E-state index contributed by atoms with van der Waals surface area (Å²) in [7, 11) is 0. The van der Waals surface area contributed by atoms with Crippen LogP contribution in [0.5, 0.6) is 0 Å². The molecule has 2 heterocycles. The first-order valence-electron chi connectivity index (χ1n) is 7.36. The summed E-state index contributed by atoms with van der Waals surface area (Å²) in [6.07, 6.45) is 2.87. The van der Waals surface area contributed by atoms with Gasteiger partial charge in [0.2, 0.25) is 11.3 Å². The molecule has 4 rings (SSSR count). The quantitative estimate of drug-likeness (QED) is 0.581. The van der Waals surface area contributed by atoms with Crippen LogP contribution in [0.1, 0.15) is 5.89 Å². The Morgan fingerprint density at radius 2 is 1.83 bits per heavy atom. The van der Waals surface area contributed by atoms with E-state index in [0.29, 0.717) is 29.1 Å². The van der Waals surface area contributed by atoms with Crippen LogP contribution >= 0.6 is 0 Å². The fourth-order valence-corrected chi connectivity index (χ4v) is 2.55. The van der Waals surface area contributed by atoms with Crippen molar-refractivity contribution in [2.75, 3.05) is 0 Å². The third-order valence-corrected chi connectivity index (χ3v) is 3.73. The highest BCUT2D eigenvalue weighted by atomic mass is 19.1. The minimum Gasteiger partial charge on any atom is -0.439 e. The van der Waals surface area contributed by atoms with E-state index in [1.54, 1.807) is 29.1 Å². The molecule has 0 N–H and O–H groups in total. The zero-order valence-electron chi connectivity index (χ0n) is 12.5. The molecule has 118 valence electrons. The predicted molar refractivity (Wildman–Crippen MR) is 87.0 cm³/mol. The van der Waals surface area contributed by atoms with Crippen LogP contribution < -0.4 is 5.43 Å². The van der Waals surface area contributed by atoms with Crippen molar-refractivity contribution in [1.29, 1.82) is 0 Å². The third kappa shape index (κ3) is 2.58. The van der Waals surface area contributed by atoms with Crippen molar-refractivity contribution >= 4 is 10.9 Å². The highest BCUT2D eigenvalue weighted by molar-refractivity contribution is 5.77. The van der Waals surface area contributed by atoms with Crippen LogP contribution in [-0.4, -0.2) is 14.8 Å². The molecule has 2 aromatic heterocycles. The number of benzene rings is 2. The summed E-state index contributed by atoms with van der Waals surface area (Å²) < 4.78 is 20.4. The first-order chi connectivity index (χ1) is 11.7. The molecular formula is C18H12FN3O2. The molecule has 0 unspecified atom stereocenters. The largest absolute Gasteiger partial charge is 0.439 e. The molecule has 2 aromatic carbocycles. The van der Waals surface area contributed by atoms with E-state index in [0.717, 1.165) is 5.56 Å². The summed E-state index contributed by atoms with van der Waals surface area (Å²) in [6, 6.07) is 13.2. The average molecular weight is 321 g/mol. The summed E-state index contributed by atoms with van der Waals surface area (Å²) >= 11 is 0. The fourth-order valence-electron chi connectivity index (χ4n) is 2.55. The van der Waals surface area contributed by atoms with Gasteiger partial charge in [0.1, 0.15) is 12.4 Å². The van der Waals surface area contributed by atoms with Gasteiger partial charge < -0.3 is 4.42 Å². The van der Waals surface area contributed by atoms with Gasteiger partial charge in [-0.15, -0.1) is 0 Å². The lowest BCUT2D eigenvalue weighted by Crippen LogP contribution is -2.12. The van der Waals surface area contributed by atoms with Crippen LogP contribution in [0.25, 0.3) is 22.2 Å². The van der Waals surface area contributed by atoms with E-state index in [4.69, 9.17) is 4.42 Å². The number of para-hydroxylation sites is 1.